The van der Waals surface area contributed by atoms with Crippen LogP contribution in [-0.2, 0) is 14.3 Å². The molecule has 9 heteroatoms. The number of aliphatic hydroxyl groups is 5. The quantitative estimate of drug-likeness (QED) is 0.0283. The predicted octanol–water partition coefficient (Wildman–Crippen LogP) is 8.44. The molecule has 1 aliphatic heterocycles. The molecule has 0 spiro atoms. The fraction of sp³-hybridized carbons (Fsp3) is 0.756. The van der Waals surface area contributed by atoms with Gasteiger partial charge in [0.25, 0.3) is 0 Å². The highest BCUT2D eigenvalue weighted by atomic mass is 16.7. The van der Waals surface area contributed by atoms with Crippen molar-refractivity contribution in [3.8, 4) is 0 Å². The van der Waals surface area contributed by atoms with E-state index in [4.69, 9.17) is 9.47 Å². The topological polar surface area (TPSA) is 149 Å². The van der Waals surface area contributed by atoms with E-state index < -0.39 is 49.5 Å². The Kier molecular flexibility index (Phi) is 32.6. The summed E-state index contributed by atoms with van der Waals surface area (Å²) in [6.45, 7) is 3.50. The Morgan fingerprint density at radius 3 is 1.69 bits per heavy atom. The molecule has 9 nitrogen and oxygen atoms in total. The Bertz CT molecular complexity index is 1030. The van der Waals surface area contributed by atoms with E-state index in [9.17, 15) is 30.3 Å². The minimum atomic E-state index is -1.57. The maximum atomic E-state index is 12.9. The highest BCUT2D eigenvalue weighted by Gasteiger charge is 2.44. The first-order valence-corrected chi connectivity index (χ1v) is 21.5. The zero-order valence-electron chi connectivity index (χ0n) is 34.0. The lowest BCUT2D eigenvalue weighted by molar-refractivity contribution is -0.302. The van der Waals surface area contributed by atoms with E-state index in [1.807, 2.05) is 6.08 Å². The number of unbranched alkanes of at least 4 members (excludes halogenated alkanes) is 16. The highest BCUT2D eigenvalue weighted by Crippen LogP contribution is 2.22. The lowest BCUT2D eigenvalue weighted by Gasteiger charge is -2.40. The molecule has 1 amide bonds. The number of amides is 1. The van der Waals surface area contributed by atoms with Gasteiger partial charge in [-0.3, -0.25) is 4.79 Å². The van der Waals surface area contributed by atoms with Crippen LogP contribution in [0.5, 0.6) is 0 Å². The van der Waals surface area contributed by atoms with Crippen LogP contribution in [0.15, 0.2) is 60.8 Å². The van der Waals surface area contributed by atoms with Crippen LogP contribution in [0.4, 0.5) is 0 Å². The lowest BCUT2D eigenvalue weighted by Crippen LogP contribution is -2.60. The number of hydrogen-bond donors (Lipinski definition) is 6. The van der Waals surface area contributed by atoms with Crippen molar-refractivity contribution < 1.29 is 39.8 Å². The van der Waals surface area contributed by atoms with Gasteiger partial charge in [-0.2, -0.15) is 0 Å². The van der Waals surface area contributed by atoms with Crippen LogP contribution in [0, 0.1) is 0 Å². The first-order chi connectivity index (χ1) is 26.3. The normalized spacial score (nSPS) is 22.1. The summed E-state index contributed by atoms with van der Waals surface area (Å²) in [5.41, 5.74) is 0. The molecule has 0 aliphatic carbocycles. The van der Waals surface area contributed by atoms with Crippen molar-refractivity contribution in [1.82, 2.24) is 5.32 Å². The number of hydrogen-bond acceptors (Lipinski definition) is 8. The van der Waals surface area contributed by atoms with Gasteiger partial charge < -0.3 is 40.3 Å². The zero-order valence-corrected chi connectivity index (χ0v) is 34.0. The largest absolute Gasteiger partial charge is 0.394 e. The third-order valence-corrected chi connectivity index (χ3v) is 9.82. The number of allylic oxidation sites excluding steroid dienone is 9. The fourth-order valence-corrected chi connectivity index (χ4v) is 6.41. The van der Waals surface area contributed by atoms with Crippen LogP contribution in [-0.4, -0.2) is 87.5 Å². The first kappa shape index (κ1) is 49.9. The van der Waals surface area contributed by atoms with Gasteiger partial charge in [0.2, 0.25) is 5.91 Å². The summed E-state index contributed by atoms with van der Waals surface area (Å²) in [4.78, 5) is 12.9. The first-order valence-electron chi connectivity index (χ1n) is 21.5. The molecule has 0 aromatic carbocycles. The van der Waals surface area contributed by atoms with Crippen molar-refractivity contribution in [2.45, 2.75) is 204 Å². The Labute approximate surface area is 328 Å². The van der Waals surface area contributed by atoms with E-state index in [0.717, 1.165) is 64.2 Å². The molecule has 312 valence electrons. The molecule has 1 rings (SSSR count). The van der Waals surface area contributed by atoms with Gasteiger partial charge in [0.1, 0.15) is 24.4 Å². The van der Waals surface area contributed by atoms with Gasteiger partial charge in [-0.05, 0) is 64.2 Å². The second-order valence-corrected chi connectivity index (χ2v) is 14.7. The van der Waals surface area contributed by atoms with Gasteiger partial charge in [0.15, 0.2) is 6.29 Å². The smallest absolute Gasteiger partial charge is 0.220 e. The molecule has 1 heterocycles. The van der Waals surface area contributed by atoms with Crippen LogP contribution >= 0.6 is 0 Å². The van der Waals surface area contributed by atoms with Crippen molar-refractivity contribution in [2.75, 3.05) is 13.2 Å². The van der Waals surface area contributed by atoms with E-state index in [-0.39, 0.29) is 12.5 Å². The second kappa shape index (κ2) is 35.3. The van der Waals surface area contributed by atoms with E-state index in [0.29, 0.717) is 6.42 Å². The van der Waals surface area contributed by atoms with Gasteiger partial charge in [-0.25, -0.2) is 0 Å². The maximum Gasteiger partial charge on any atom is 0.220 e. The molecule has 1 aliphatic rings. The number of carbonyl (C=O) groups excluding carboxylic acids is 1. The van der Waals surface area contributed by atoms with Crippen molar-refractivity contribution >= 4 is 5.91 Å². The van der Waals surface area contributed by atoms with E-state index in [1.54, 1.807) is 6.08 Å². The highest BCUT2D eigenvalue weighted by molar-refractivity contribution is 5.76. The minimum Gasteiger partial charge on any atom is -0.394 e. The molecule has 0 radical (unpaired) electrons. The number of rotatable bonds is 34. The van der Waals surface area contributed by atoms with Crippen LogP contribution in [0.25, 0.3) is 0 Å². The molecular formula is C45H79NO8. The van der Waals surface area contributed by atoms with Crippen molar-refractivity contribution in [3.63, 3.8) is 0 Å². The molecule has 1 fully saturated rings. The summed E-state index contributed by atoms with van der Waals surface area (Å²) in [7, 11) is 0. The van der Waals surface area contributed by atoms with Crippen molar-refractivity contribution in [2.24, 2.45) is 0 Å². The van der Waals surface area contributed by atoms with Gasteiger partial charge >= 0.3 is 0 Å². The average molecular weight is 762 g/mol. The van der Waals surface area contributed by atoms with E-state index in [1.165, 1.54) is 77.0 Å². The number of nitrogens with one attached hydrogen (secondary N) is 1. The van der Waals surface area contributed by atoms with Gasteiger partial charge in [-0.15, -0.1) is 0 Å². The third kappa shape index (κ3) is 25.9. The summed E-state index contributed by atoms with van der Waals surface area (Å²) in [6, 6.07) is -0.826. The molecule has 0 aromatic heterocycles. The maximum absolute atomic E-state index is 12.9. The van der Waals surface area contributed by atoms with Gasteiger partial charge in [0, 0.05) is 6.42 Å². The summed E-state index contributed by atoms with van der Waals surface area (Å²) in [5, 5.41) is 53.9. The Morgan fingerprint density at radius 1 is 0.630 bits per heavy atom. The number of carbonyl (C=O) groups is 1. The van der Waals surface area contributed by atoms with Crippen molar-refractivity contribution in [3.05, 3.63) is 60.8 Å². The second-order valence-electron chi connectivity index (χ2n) is 14.7. The number of ether oxygens (including phenoxy) is 2. The SMILES string of the molecule is CC/C=C\C/C=C\CCCCCCCCCCCCCCCCC(=O)NC(COC1OC(CO)C(O)C(O)C1O)C(O)/C=C/CC/C=C/CC/C=C/CC. The summed E-state index contributed by atoms with van der Waals surface area (Å²) in [6.07, 6.45) is 38.5. The molecule has 1 saturated heterocycles. The summed E-state index contributed by atoms with van der Waals surface area (Å²) < 4.78 is 11.1. The molecule has 0 aromatic rings. The van der Waals surface area contributed by atoms with Gasteiger partial charge in [0.05, 0.1) is 25.4 Å². The zero-order chi connectivity index (χ0) is 39.5. The monoisotopic (exact) mass is 762 g/mol. The number of aliphatic hydroxyl groups excluding tert-OH is 5. The van der Waals surface area contributed by atoms with Crippen LogP contribution in [0.3, 0.4) is 0 Å². The van der Waals surface area contributed by atoms with Crippen LogP contribution in [0.1, 0.15) is 162 Å². The van der Waals surface area contributed by atoms with Crippen molar-refractivity contribution in [1.29, 1.82) is 0 Å². The van der Waals surface area contributed by atoms with Crippen LogP contribution < -0.4 is 5.32 Å². The lowest BCUT2D eigenvalue weighted by atomic mass is 9.99. The Hall–Kier alpha value is -2.11. The molecule has 6 N–H and O–H groups in total. The summed E-state index contributed by atoms with van der Waals surface area (Å²) >= 11 is 0. The van der Waals surface area contributed by atoms with E-state index >= 15 is 0 Å². The Balaban J connectivity index is 2.31. The third-order valence-electron chi connectivity index (χ3n) is 9.82. The molecule has 0 bridgehead atoms. The minimum absolute atomic E-state index is 0.197. The van der Waals surface area contributed by atoms with Gasteiger partial charge in [-0.1, -0.05) is 152 Å². The summed E-state index contributed by atoms with van der Waals surface area (Å²) in [5.74, 6) is -0.197. The predicted molar refractivity (Wildman–Crippen MR) is 221 cm³/mol. The van der Waals surface area contributed by atoms with Crippen LogP contribution in [0.2, 0.25) is 0 Å². The Morgan fingerprint density at radius 2 is 1.11 bits per heavy atom. The molecular weight excluding hydrogens is 682 g/mol. The molecule has 7 atom stereocenters. The molecule has 54 heavy (non-hydrogen) atoms. The fourth-order valence-electron chi connectivity index (χ4n) is 6.41. The molecule has 0 saturated carbocycles. The molecule has 7 unspecified atom stereocenters. The van der Waals surface area contributed by atoms with E-state index in [2.05, 4.69) is 67.8 Å². The average Bonchev–Trinajstić information content (AvgIpc) is 3.17. The standard InChI is InChI=1S/C45H79NO8/c1-3-5-7-9-11-13-15-16-17-18-19-20-21-22-23-24-25-27-29-31-33-35-41(49)46-38(37-53-45-44(52)43(51)42(50)40(36-47)54-45)39(48)34-32-30-28-26-14-12-10-8-6-4-2/h5-8,11,13-14,26,32,34,38-40,42-45,47-48,50-52H,3-4,9-10,12,15-25,27-31,33,35-37H2,1-2H3,(H,46,49)/b7-5-,8-6+,13-11-,26-14+,34-32+.